The lowest BCUT2D eigenvalue weighted by molar-refractivity contribution is 0.0889. The van der Waals surface area contributed by atoms with E-state index in [4.69, 9.17) is 9.15 Å². The van der Waals surface area contributed by atoms with Crippen LogP contribution in [0.2, 0.25) is 0 Å². The number of furan rings is 1. The summed E-state index contributed by atoms with van der Waals surface area (Å²) in [5.41, 5.74) is 0.899. The van der Waals surface area contributed by atoms with Gasteiger partial charge in [-0.15, -0.1) is 0 Å². The van der Waals surface area contributed by atoms with Crippen molar-refractivity contribution in [1.29, 1.82) is 0 Å². The van der Waals surface area contributed by atoms with Crippen LogP contribution in [0.1, 0.15) is 23.4 Å². The molecule has 5 rings (SSSR count). The van der Waals surface area contributed by atoms with Gasteiger partial charge in [-0.2, -0.15) is 10.6 Å². The SMILES string of the molecule is O=C(NC[C@H]1CN(c2ccc(N3CCC(C4CS(O)(O)C4)CC3)c(F)c2)C(=O)O1)c1ccco1. The number of ether oxygens (including phenoxy) is 1. The Morgan fingerprint density at radius 2 is 1.94 bits per heavy atom. The fraction of sp³-hybridized carbons (Fsp3) is 0.478. The molecule has 34 heavy (non-hydrogen) atoms. The van der Waals surface area contributed by atoms with E-state index in [-0.39, 0.29) is 18.8 Å². The number of anilines is 2. The first-order chi connectivity index (χ1) is 16.3. The molecule has 3 saturated heterocycles. The highest BCUT2D eigenvalue weighted by Gasteiger charge is 2.40. The maximum Gasteiger partial charge on any atom is 0.414 e. The number of halogens is 1. The van der Waals surface area contributed by atoms with Gasteiger partial charge in [0.25, 0.3) is 5.91 Å². The average molecular weight is 494 g/mol. The van der Waals surface area contributed by atoms with Gasteiger partial charge < -0.3 is 19.4 Å². The summed E-state index contributed by atoms with van der Waals surface area (Å²) < 4.78 is 44.7. The number of nitrogens with one attached hydrogen (secondary N) is 1. The normalized spacial score (nSPS) is 24.0. The summed E-state index contributed by atoms with van der Waals surface area (Å²) in [6.07, 6.45) is 2.05. The quantitative estimate of drug-likeness (QED) is 0.561. The van der Waals surface area contributed by atoms with Crippen LogP contribution in [0, 0.1) is 17.7 Å². The minimum atomic E-state index is -2.33. The lowest BCUT2D eigenvalue weighted by Crippen LogP contribution is -2.43. The molecule has 1 aromatic heterocycles. The molecule has 3 aliphatic rings. The van der Waals surface area contributed by atoms with Crippen LogP contribution < -0.4 is 15.1 Å². The molecule has 0 radical (unpaired) electrons. The van der Waals surface area contributed by atoms with Gasteiger partial charge in [0, 0.05) is 24.6 Å². The second kappa shape index (κ2) is 9.12. The number of hydrogen-bond acceptors (Lipinski definition) is 7. The summed E-state index contributed by atoms with van der Waals surface area (Å²) in [6, 6.07) is 7.88. The van der Waals surface area contributed by atoms with Crippen molar-refractivity contribution in [3.05, 3.63) is 48.2 Å². The predicted octanol–water partition coefficient (Wildman–Crippen LogP) is 3.77. The van der Waals surface area contributed by atoms with Crippen LogP contribution in [0.4, 0.5) is 20.6 Å². The third-order valence-electron chi connectivity index (χ3n) is 6.86. The number of benzene rings is 1. The molecule has 0 aliphatic carbocycles. The minimum Gasteiger partial charge on any atom is -0.459 e. The fourth-order valence-corrected chi connectivity index (χ4v) is 6.80. The van der Waals surface area contributed by atoms with Gasteiger partial charge in [-0.05, 0) is 55.0 Å². The lowest BCUT2D eigenvalue weighted by atomic mass is 9.86. The molecule has 2 amide bonds. The summed E-state index contributed by atoms with van der Waals surface area (Å²) >= 11 is 0. The van der Waals surface area contributed by atoms with E-state index in [2.05, 4.69) is 5.32 Å². The zero-order chi connectivity index (χ0) is 23.9. The molecule has 4 heterocycles. The molecule has 0 unspecified atom stereocenters. The summed E-state index contributed by atoms with van der Waals surface area (Å²) in [5.74, 6) is 1.17. The highest BCUT2D eigenvalue weighted by molar-refractivity contribution is 8.25. The first kappa shape index (κ1) is 23.0. The molecule has 11 heteroatoms. The molecule has 9 nitrogen and oxygen atoms in total. The van der Waals surface area contributed by atoms with Crippen molar-refractivity contribution in [2.24, 2.45) is 11.8 Å². The number of hydrogen-bond donors (Lipinski definition) is 3. The third-order valence-corrected chi connectivity index (χ3v) is 8.79. The Kier molecular flexibility index (Phi) is 6.17. The van der Waals surface area contributed by atoms with Crippen LogP contribution in [0.5, 0.6) is 0 Å². The molecule has 3 aliphatic heterocycles. The van der Waals surface area contributed by atoms with E-state index in [9.17, 15) is 18.7 Å². The van der Waals surface area contributed by atoms with E-state index in [1.807, 2.05) is 4.90 Å². The Bertz CT molecular complexity index is 1050. The molecule has 2 aromatic rings. The van der Waals surface area contributed by atoms with Crippen LogP contribution >= 0.6 is 10.6 Å². The van der Waals surface area contributed by atoms with E-state index in [0.29, 0.717) is 47.8 Å². The molecule has 0 spiro atoms. The van der Waals surface area contributed by atoms with Crippen LogP contribution in [0.25, 0.3) is 0 Å². The van der Waals surface area contributed by atoms with Crippen molar-refractivity contribution in [2.75, 3.05) is 47.5 Å². The smallest absolute Gasteiger partial charge is 0.414 e. The Morgan fingerprint density at radius 1 is 1.18 bits per heavy atom. The van der Waals surface area contributed by atoms with E-state index >= 15 is 4.39 Å². The monoisotopic (exact) mass is 493 g/mol. The van der Waals surface area contributed by atoms with Gasteiger partial charge in [-0.25, -0.2) is 9.18 Å². The molecule has 3 fully saturated rings. The second-order valence-corrected chi connectivity index (χ2v) is 11.4. The number of cyclic esters (lactones) is 1. The van der Waals surface area contributed by atoms with Gasteiger partial charge in [0.05, 0.1) is 30.7 Å². The number of nitrogens with zero attached hydrogens (tertiary/aromatic N) is 2. The lowest BCUT2D eigenvalue weighted by Gasteiger charge is -2.51. The molecular weight excluding hydrogens is 465 g/mol. The predicted molar refractivity (Wildman–Crippen MR) is 126 cm³/mol. The van der Waals surface area contributed by atoms with Crippen molar-refractivity contribution in [2.45, 2.75) is 18.9 Å². The van der Waals surface area contributed by atoms with Crippen molar-refractivity contribution >= 4 is 34.0 Å². The molecule has 1 aromatic carbocycles. The molecule has 0 saturated carbocycles. The molecule has 184 valence electrons. The number of amides is 2. The summed E-state index contributed by atoms with van der Waals surface area (Å²) in [7, 11) is -2.33. The standard InChI is InChI=1S/C23H28FN3O6S/c24-19-10-17(27-12-18(33-23(27)29)11-25-22(28)21-2-1-9-32-21)3-4-20(19)26-7-5-15(6-8-26)16-13-34(30,31)14-16/h1-4,9-10,15-16,18,30-31H,5-8,11-14H2,(H,25,28)/t18-/m0/s1. The number of carbonyl (C=O) groups excluding carboxylic acids is 2. The van der Waals surface area contributed by atoms with Crippen molar-refractivity contribution in [3.63, 3.8) is 0 Å². The van der Waals surface area contributed by atoms with Gasteiger partial charge in [-0.3, -0.25) is 18.8 Å². The van der Waals surface area contributed by atoms with Gasteiger partial charge in [0.1, 0.15) is 11.9 Å². The van der Waals surface area contributed by atoms with E-state index < -0.39 is 34.5 Å². The minimum absolute atomic E-state index is 0.119. The number of piperidine rings is 1. The summed E-state index contributed by atoms with van der Waals surface area (Å²) in [5, 5.41) is 2.66. The van der Waals surface area contributed by atoms with Gasteiger partial charge >= 0.3 is 6.09 Å². The average Bonchev–Trinajstić information content (AvgIpc) is 3.46. The zero-order valence-corrected chi connectivity index (χ0v) is 19.4. The van der Waals surface area contributed by atoms with Crippen LogP contribution in [-0.4, -0.2) is 64.9 Å². The Balaban J connectivity index is 1.15. The fourth-order valence-electron chi connectivity index (χ4n) is 4.98. The second-order valence-electron chi connectivity index (χ2n) is 9.16. The van der Waals surface area contributed by atoms with Gasteiger partial charge in [0.2, 0.25) is 0 Å². The van der Waals surface area contributed by atoms with Gasteiger partial charge in [0.15, 0.2) is 5.76 Å². The van der Waals surface area contributed by atoms with E-state index in [1.54, 1.807) is 18.2 Å². The van der Waals surface area contributed by atoms with Crippen molar-refractivity contribution in [3.8, 4) is 0 Å². The maximum atomic E-state index is 15.0. The van der Waals surface area contributed by atoms with Crippen molar-refractivity contribution < 1.29 is 32.2 Å². The van der Waals surface area contributed by atoms with E-state index in [1.165, 1.54) is 23.3 Å². The first-order valence-electron chi connectivity index (χ1n) is 11.4. The topological polar surface area (TPSA) is 115 Å². The Morgan fingerprint density at radius 3 is 2.59 bits per heavy atom. The number of carbonyl (C=O) groups is 2. The maximum absolute atomic E-state index is 15.0. The van der Waals surface area contributed by atoms with Gasteiger partial charge in [-0.1, -0.05) is 0 Å². The summed E-state index contributed by atoms with van der Waals surface area (Å²) in [4.78, 5) is 27.7. The van der Waals surface area contributed by atoms with E-state index in [0.717, 1.165) is 12.8 Å². The Labute approximate surface area is 198 Å². The highest BCUT2D eigenvalue weighted by Crippen LogP contribution is 2.55. The zero-order valence-electron chi connectivity index (χ0n) is 18.6. The highest BCUT2D eigenvalue weighted by atomic mass is 32.3. The van der Waals surface area contributed by atoms with Crippen LogP contribution in [-0.2, 0) is 4.74 Å². The third kappa shape index (κ3) is 4.73. The largest absolute Gasteiger partial charge is 0.459 e. The van der Waals surface area contributed by atoms with Crippen molar-refractivity contribution in [1.82, 2.24) is 5.32 Å². The first-order valence-corrected chi connectivity index (χ1v) is 13.3. The van der Waals surface area contributed by atoms with Crippen LogP contribution in [0.15, 0.2) is 41.0 Å². The molecule has 0 bridgehead atoms. The Hall–Kier alpha value is -2.76. The van der Waals surface area contributed by atoms with Crippen LogP contribution in [0.3, 0.4) is 0 Å². The summed E-state index contributed by atoms with van der Waals surface area (Å²) in [6.45, 7) is 1.73. The number of rotatable bonds is 6. The molecular formula is C23H28FN3O6S. The molecule has 1 atom stereocenters. The molecule has 3 N–H and O–H groups in total.